The molecule has 33 heavy (non-hydrogen) atoms. The summed E-state index contributed by atoms with van der Waals surface area (Å²) in [7, 11) is 0. The Morgan fingerprint density at radius 1 is 1.30 bits per heavy atom. The Bertz CT molecular complexity index is 1120. The highest BCUT2D eigenvalue weighted by Gasteiger charge is 2.60. The summed E-state index contributed by atoms with van der Waals surface area (Å²) in [5.74, 6) is 0.504. The molecule has 0 spiro atoms. The highest BCUT2D eigenvalue weighted by molar-refractivity contribution is 5.97. The van der Waals surface area contributed by atoms with Gasteiger partial charge in [-0.2, -0.15) is 10.2 Å². The molecule has 2 fully saturated rings. The zero-order valence-electron chi connectivity index (χ0n) is 20.2. The third-order valence-corrected chi connectivity index (χ3v) is 7.84. The lowest BCUT2D eigenvalue weighted by Gasteiger charge is -2.34. The SMILES string of the molecule is Cc1cc(C)n(Cc2cccc(/C(N)=N/OCC(=O)N/N=C3\CC4CCC3(C)C4(C)C)c2)n1. The van der Waals surface area contributed by atoms with Crippen molar-refractivity contribution in [2.45, 2.75) is 60.4 Å². The van der Waals surface area contributed by atoms with Gasteiger partial charge in [-0.15, -0.1) is 0 Å². The predicted octanol–water partition coefficient (Wildman–Crippen LogP) is 3.50. The van der Waals surface area contributed by atoms with Crippen LogP contribution in [0.5, 0.6) is 0 Å². The highest BCUT2D eigenvalue weighted by Crippen LogP contribution is 2.63. The Morgan fingerprint density at radius 3 is 2.73 bits per heavy atom. The van der Waals surface area contributed by atoms with Crippen LogP contribution in [0.25, 0.3) is 0 Å². The monoisotopic (exact) mass is 450 g/mol. The van der Waals surface area contributed by atoms with E-state index in [9.17, 15) is 4.79 Å². The number of carbonyl (C=O) groups is 1. The summed E-state index contributed by atoms with van der Waals surface area (Å²) in [6.07, 6.45) is 3.30. The number of aryl methyl sites for hydroxylation is 2. The maximum atomic E-state index is 12.2. The van der Waals surface area contributed by atoms with Crippen LogP contribution in [0.2, 0.25) is 0 Å². The minimum absolute atomic E-state index is 0.0484. The number of aromatic nitrogens is 2. The molecule has 1 heterocycles. The van der Waals surface area contributed by atoms with E-state index in [0.29, 0.717) is 12.5 Å². The van der Waals surface area contributed by atoms with Crippen LogP contribution in [0.15, 0.2) is 40.6 Å². The maximum Gasteiger partial charge on any atom is 0.280 e. The summed E-state index contributed by atoms with van der Waals surface area (Å²) in [6.45, 7) is 11.3. The third kappa shape index (κ3) is 4.38. The van der Waals surface area contributed by atoms with E-state index in [1.165, 1.54) is 6.42 Å². The topological polar surface area (TPSA) is 107 Å². The van der Waals surface area contributed by atoms with Crippen molar-refractivity contribution >= 4 is 17.5 Å². The number of amidine groups is 1. The summed E-state index contributed by atoms with van der Waals surface area (Å²) >= 11 is 0. The average molecular weight is 451 g/mol. The molecule has 0 radical (unpaired) electrons. The smallest absolute Gasteiger partial charge is 0.280 e. The van der Waals surface area contributed by atoms with Gasteiger partial charge in [-0.3, -0.25) is 9.48 Å². The Kier molecular flexibility index (Phi) is 6.03. The molecule has 1 amide bonds. The number of rotatable bonds is 7. The quantitative estimate of drug-likeness (QED) is 0.382. The van der Waals surface area contributed by atoms with Crippen molar-refractivity contribution < 1.29 is 9.63 Å². The number of amides is 1. The van der Waals surface area contributed by atoms with Crippen molar-refractivity contribution in [1.29, 1.82) is 0 Å². The number of nitrogens with zero attached hydrogens (tertiary/aromatic N) is 4. The van der Waals surface area contributed by atoms with Gasteiger partial charge in [0.25, 0.3) is 5.91 Å². The number of nitrogens with one attached hydrogen (secondary N) is 1. The van der Waals surface area contributed by atoms with Gasteiger partial charge in [0.05, 0.1) is 12.2 Å². The Labute approximate surface area is 195 Å². The van der Waals surface area contributed by atoms with E-state index in [1.807, 2.05) is 48.9 Å². The first-order chi connectivity index (χ1) is 15.6. The number of oxime groups is 1. The second-order valence-corrected chi connectivity index (χ2v) is 10.1. The first kappa shape index (κ1) is 23.0. The van der Waals surface area contributed by atoms with Gasteiger partial charge >= 0.3 is 0 Å². The molecule has 2 aliphatic carbocycles. The molecule has 2 atom stereocenters. The normalized spacial score (nSPS) is 24.9. The average Bonchev–Trinajstić information content (AvgIpc) is 3.27. The van der Waals surface area contributed by atoms with Crippen LogP contribution in [-0.2, 0) is 16.2 Å². The fraction of sp³-hybridized carbons (Fsp3) is 0.520. The molecular formula is C25H34N6O2. The summed E-state index contributed by atoms with van der Waals surface area (Å²) in [4.78, 5) is 17.4. The van der Waals surface area contributed by atoms with Gasteiger partial charge in [0.1, 0.15) is 0 Å². The van der Waals surface area contributed by atoms with Crippen LogP contribution in [0.4, 0.5) is 0 Å². The van der Waals surface area contributed by atoms with E-state index in [1.54, 1.807) is 0 Å². The number of fused-ring (bicyclic) bond motifs is 2. The van der Waals surface area contributed by atoms with Crippen LogP contribution in [0, 0.1) is 30.6 Å². The zero-order chi connectivity index (χ0) is 23.8. The number of hydrogen-bond donors (Lipinski definition) is 2. The van der Waals surface area contributed by atoms with Crippen molar-refractivity contribution in [3.05, 3.63) is 52.8 Å². The summed E-state index contributed by atoms with van der Waals surface area (Å²) in [5.41, 5.74) is 13.9. The minimum Gasteiger partial charge on any atom is -0.384 e. The van der Waals surface area contributed by atoms with E-state index in [0.717, 1.165) is 41.1 Å². The Morgan fingerprint density at radius 2 is 2.09 bits per heavy atom. The van der Waals surface area contributed by atoms with E-state index in [-0.39, 0.29) is 29.2 Å². The number of carbonyl (C=O) groups excluding carboxylic acids is 1. The van der Waals surface area contributed by atoms with Crippen molar-refractivity contribution in [3.8, 4) is 0 Å². The zero-order valence-corrected chi connectivity index (χ0v) is 20.2. The molecule has 1 aromatic carbocycles. The third-order valence-electron chi connectivity index (χ3n) is 7.84. The molecule has 2 aliphatic rings. The van der Waals surface area contributed by atoms with Gasteiger partial charge < -0.3 is 10.6 Å². The number of hydrogen-bond acceptors (Lipinski definition) is 5. The molecule has 0 saturated heterocycles. The van der Waals surface area contributed by atoms with Crippen LogP contribution < -0.4 is 11.2 Å². The maximum absolute atomic E-state index is 12.2. The summed E-state index contributed by atoms with van der Waals surface area (Å²) < 4.78 is 1.95. The molecule has 2 unspecified atom stereocenters. The highest BCUT2D eigenvalue weighted by atomic mass is 16.6. The molecule has 0 aliphatic heterocycles. The van der Waals surface area contributed by atoms with Gasteiger partial charge in [-0.25, -0.2) is 5.43 Å². The van der Waals surface area contributed by atoms with Gasteiger partial charge in [0.15, 0.2) is 12.4 Å². The number of benzene rings is 1. The van der Waals surface area contributed by atoms with Gasteiger partial charge in [0.2, 0.25) is 0 Å². The minimum atomic E-state index is -0.346. The molecule has 2 aromatic rings. The molecule has 8 heteroatoms. The molecule has 176 valence electrons. The Hall–Kier alpha value is -3.16. The standard InChI is InChI=1S/C25H34N6O2/c1-16-11-17(2)31(29-16)14-18-7-6-8-19(12-18)23(26)30-33-15-22(32)28-27-21-13-20-9-10-25(21,5)24(20,3)4/h6-8,11-12,20H,9-10,13-15H2,1-5H3,(H2,26,30)(H,28,32)/b27-21+. The van der Waals surface area contributed by atoms with Crippen molar-refractivity contribution in [3.63, 3.8) is 0 Å². The van der Waals surface area contributed by atoms with Crippen molar-refractivity contribution in [2.75, 3.05) is 6.61 Å². The van der Waals surface area contributed by atoms with E-state index >= 15 is 0 Å². The molecule has 8 nitrogen and oxygen atoms in total. The largest absolute Gasteiger partial charge is 0.384 e. The molecular weight excluding hydrogens is 416 g/mol. The Balaban J connectivity index is 1.32. The first-order valence-electron chi connectivity index (χ1n) is 11.5. The fourth-order valence-electron chi connectivity index (χ4n) is 5.31. The second-order valence-electron chi connectivity index (χ2n) is 10.1. The summed E-state index contributed by atoms with van der Waals surface area (Å²) in [6, 6.07) is 9.78. The molecule has 2 saturated carbocycles. The van der Waals surface area contributed by atoms with Crippen molar-refractivity contribution in [1.82, 2.24) is 15.2 Å². The second kappa shape index (κ2) is 8.65. The van der Waals surface area contributed by atoms with E-state index in [2.05, 4.69) is 41.6 Å². The summed E-state index contributed by atoms with van der Waals surface area (Å²) in [5, 5.41) is 12.9. The fourth-order valence-corrected chi connectivity index (χ4v) is 5.31. The van der Waals surface area contributed by atoms with Crippen LogP contribution in [0.1, 0.15) is 62.5 Å². The van der Waals surface area contributed by atoms with Gasteiger partial charge in [0, 0.05) is 22.4 Å². The van der Waals surface area contributed by atoms with Crippen LogP contribution in [0.3, 0.4) is 0 Å². The van der Waals surface area contributed by atoms with E-state index < -0.39 is 0 Å². The number of hydrazone groups is 1. The van der Waals surface area contributed by atoms with Crippen LogP contribution in [-0.4, -0.2) is 33.8 Å². The number of nitrogens with two attached hydrogens (primary N) is 1. The lowest BCUT2D eigenvalue weighted by atomic mass is 9.70. The van der Waals surface area contributed by atoms with Gasteiger partial charge in [-0.1, -0.05) is 44.1 Å². The molecule has 1 aromatic heterocycles. The van der Waals surface area contributed by atoms with Crippen molar-refractivity contribution in [2.24, 2.45) is 32.7 Å². The van der Waals surface area contributed by atoms with Crippen LogP contribution >= 0.6 is 0 Å². The predicted molar refractivity (Wildman–Crippen MR) is 129 cm³/mol. The first-order valence-corrected chi connectivity index (χ1v) is 11.5. The lowest BCUT2D eigenvalue weighted by Crippen LogP contribution is -2.34. The molecule has 4 rings (SSSR count). The lowest BCUT2D eigenvalue weighted by molar-refractivity contribution is -0.125. The van der Waals surface area contributed by atoms with E-state index in [4.69, 9.17) is 10.6 Å². The van der Waals surface area contributed by atoms with Gasteiger partial charge in [-0.05, 0) is 62.1 Å². The molecule has 3 N–H and O–H groups in total. The molecule has 2 bridgehead atoms.